The molecule has 0 radical (unpaired) electrons. The second kappa shape index (κ2) is 9.19. The van der Waals surface area contributed by atoms with Gasteiger partial charge in [-0.1, -0.05) is 32.0 Å². The lowest BCUT2D eigenvalue weighted by molar-refractivity contribution is 0.475. The fourth-order valence-corrected chi connectivity index (χ4v) is 5.40. The van der Waals surface area contributed by atoms with Crippen LogP contribution in [0.15, 0.2) is 79.0 Å². The van der Waals surface area contributed by atoms with Gasteiger partial charge in [0.25, 0.3) is 0 Å². The van der Waals surface area contributed by atoms with Crippen molar-refractivity contribution in [3.05, 3.63) is 107 Å². The Morgan fingerprint density at radius 2 is 1.63 bits per heavy atom. The third kappa shape index (κ3) is 4.19. The highest BCUT2D eigenvalue weighted by atomic mass is 32.1. The number of nitrogens with one attached hydrogen (secondary N) is 1. The molecule has 0 amide bonds. The van der Waals surface area contributed by atoms with Gasteiger partial charge in [-0.2, -0.15) is 0 Å². The summed E-state index contributed by atoms with van der Waals surface area (Å²) in [4.78, 5) is 6.90. The van der Waals surface area contributed by atoms with Crippen molar-refractivity contribution in [3.63, 3.8) is 0 Å². The standard InChI is InChI=1S/C29H30N4OS/c1-18(2)21-8-10-23(11-9-21)33-28(27(31-29(33)35)26-7-5-6-16-30-26)25-17-19(3)32(20(25)4)22-12-14-24(34)15-13-22/h5-18,27-28,34H,1-4H3,(H,31,35)/t27-,28-/m0/s1. The van der Waals surface area contributed by atoms with Gasteiger partial charge in [-0.05, 0) is 97.7 Å². The Kier molecular flexibility index (Phi) is 6.07. The first kappa shape index (κ1) is 23.1. The molecule has 2 aromatic heterocycles. The molecule has 1 aliphatic rings. The summed E-state index contributed by atoms with van der Waals surface area (Å²) in [6.45, 7) is 8.66. The third-order valence-electron chi connectivity index (χ3n) is 6.83. The van der Waals surface area contributed by atoms with Gasteiger partial charge in [0.1, 0.15) is 5.75 Å². The number of hydrogen-bond acceptors (Lipinski definition) is 3. The Morgan fingerprint density at radius 1 is 0.943 bits per heavy atom. The summed E-state index contributed by atoms with van der Waals surface area (Å²) in [7, 11) is 0. The number of aryl methyl sites for hydroxylation is 1. The Labute approximate surface area is 212 Å². The highest BCUT2D eigenvalue weighted by molar-refractivity contribution is 7.80. The van der Waals surface area contributed by atoms with Crippen molar-refractivity contribution in [2.24, 2.45) is 0 Å². The SMILES string of the molecule is Cc1cc([C@H]2[C@H](c3ccccn3)NC(=S)N2c2ccc(C(C)C)cc2)c(C)n1-c1ccc(O)cc1. The lowest BCUT2D eigenvalue weighted by atomic mass is 9.96. The van der Waals surface area contributed by atoms with Gasteiger partial charge in [0.2, 0.25) is 0 Å². The number of hydrogen-bond donors (Lipinski definition) is 2. The second-order valence-corrected chi connectivity index (χ2v) is 9.81. The molecule has 0 bridgehead atoms. The zero-order valence-corrected chi connectivity index (χ0v) is 21.3. The molecule has 35 heavy (non-hydrogen) atoms. The Balaban J connectivity index is 1.65. The van der Waals surface area contributed by atoms with Crippen molar-refractivity contribution >= 4 is 23.0 Å². The minimum Gasteiger partial charge on any atom is -0.508 e. The number of anilines is 1. The van der Waals surface area contributed by atoms with Gasteiger partial charge in [-0.3, -0.25) is 4.98 Å². The summed E-state index contributed by atoms with van der Waals surface area (Å²) in [5.74, 6) is 0.724. The summed E-state index contributed by atoms with van der Waals surface area (Å²) in [5, 5.41) is 14.0. The zero-order valence-electron chi connectivity index (χ0n) is 20.4. The first-order valence-electron chi connectivity index (χ1n) is 11.9. The molecule has 2 aromatic carbocycles. The van der Waals surface area contributed by atoms with Crippen LogP contribution in [0.25, 0.3) is 5.69 Å². The summed E-state index contributed by atoms with van der Waals surface area (Å²) in [6.07, 6.45) is 1.83. The minimum atomic E-state index is -0.0951. The molecule has 5 nitrogen and oxygen atoms in total. The van der Waals surface area contributed by atoms with Crippen molar-refractivity contribution in [2.75, 3.05) is 4.90 Å². The molecule has 2 atom stereocenters. The summed E-state index contributed by atoms with van der Waals surface area (Å²) >= 11 is 5.90. The summed E-state index contributed by atoms with van der Waals surface area (Å²) in [6, 6.07) is 24.1. The van der Waals surface area contributed by atoms with Crippen molar-refractivity contribution in [2.45, 2.75) is 45.7 Å². The van der Waals surface area contributed by atoms with E-state index in [2.05, 4.69) is 83.9 Å². The van der Waals surface area contributed by atoms with Crippen LogP contribution in [0.5, 0.6) is 5.75 Å². The zero-order chi connectivity index (χ0) is 24.7. The molecule has 178 valence electrons. The smallest absolute Gasteiger partial charge is 0.174 e. The van der Waals surface area contributed by atoms with Gasteiger partial charge in [-0.25, -0.2) is 0 Å². The normalized spacial score (nSPS) is 17.7. The molecule has 0 aliphatic carbocycles. The molecule has 3 heterocycles. The van der Waals surface area contributed by atoms with E-state index in [1.807, 2.05) is 30.5 Å². The number of phenolic OH excluding ortho intramolecular Hbond substituents is 1. The van der Waals surface area contributed by atoms with E-state index in [4.69, 9.17) is 12.2 Å². The number of nitrogens with zero attached hydrogens (tertiary/aromatic N) is 3. The van der Waals surface area contributed by atoms with Crippen LogP contribution in [0, 0.1) is 13.8 Å². The van der Waals surface area contributed by atoms with Crippen molar-refractivity contribution in [3.8, 4) is 11.4 Å². The largest absolute Gasteiger partial charge is 0.508 e. The molecule has 0 saturated carbocycles. The maximum atomic E-state index is 9.78. The average Bonchev–Trinajstić information content (AvgIpc) is 3.35. The van der Waals surface area contributed by atoms with E-state index in [9.17, 15) is 5.11 Å². The molecular formula is C29H30N4OS. The minimum absolute atomic E-state index is 0.0700. The van der Waals surface area contributed by atoms with Crippen LogP contribution in [-0.4, -0.2) is 19.8 Å². The number of aromatic nitrogens is 2. The Morgan fingerprint density at radius 3 is 2.26 bits per heavy atom. The fourth-order valence-electron chi connectivity index (χ4n) is 5.05. The Bertz CT molecular complexity index is 1340. The molecule has 6 heteroatoms. The lowest BCUT2D eigenvalue weighted by Crippen LogP contribution is -2.29. The van der Waals surface area contributed by atoms with Gasteiger partial charge in [-0.15, -0.1) is 0 Å². The molecular weight excluding hydrogens is 452 g/mol. The molecule has 1 fully saturated rings. The Hall–Kier alpha value is -3.64. The van der Waals surface area contributed by atoms with Gasteiger partial charge < -0.3 is 19.9 Å². The number of aromatic hydroxyl groups is 1. The highest BCUT2D eigenvalue weighted by Gasteiger charge is 2.42. The maximum absolute atomic E-state index is 9.78. The third-order valence-corrected chi connectivity index (χ3v) is 7.15. The van der Waals surface area contributed by atoms with Gasteiger partial charge in [0.05, 0.1) is 17.8 Å². The first-order valence-corrected chi connectivity index (χ1v) is 12.3. The van der Waals surface area contributed by atoms with Crippen LogP contribution in [0.1, 0.15) is 60.1 Å². The maximum Gasteiger partial charge on any atom is 0.174 e. The molecule has 0 unspecified atom stereocenters. The van der Waals surface area contributed by atoms with E-state index in [1.54, 1.807) is 12.1 Å². The van der Waals surface area contributed by atoms with Crippen molar-refractivity contribution < 1.29 is 5.11 Å². The van der Waals surface area contributed by atoms with Crippen LogP contribution in [0.2, 0.25) is 0 Å². The van der Waals surface area contributed by atoms with Crippen LogP contribution >= 0.6 is 12.2 Å². The van der Waals surface area contributed by atoms with Gasteiger partial charge >= 0.3 is 0 Å². The van der Waals surface area contributed by atoms with Gasteiger partial charge in [0, 0.05) is 29.0 Å². The molecule has 5 rings (SSSR count). The van der Waals surface area contributed by atoms with Crippen molar-refractivity contribution in [1.29, 1.82) is 0 Å². The predicted octanol–water partition coefficient (Wildman–Crippen LogP) is 6.50. The topological polar surface area (TPSA) is 53.3 Å². The van der Waals surface area contributed by atoms with Gasteiger partial charge in [0.15, 0.2) is 5.11 Å². The van der Waals surface area contributed by atoms with E-state index in [1.165, 1.54) is 11.1 Å². The predicted molar refractivity (Wildman–Crippen MR) is 145 cm³/mol. The number of pyridine rings is 1. The monoisotopic (exact) mass is 482 g/mol. The van der Waals surface area contributed by atoms with Crippen molar-refractivity contribution in [1.82, 2.24) is 14.9 Å². The molecule has 4 aromatic rings. The van der Waals surface area contributed by atoms with Crippen LogP contribution < -0.4 is 10.2 Å². The first-order chi connectivity index (χ1) is 16.8. The summed E-state index contributed by atoms with van der Waals surface area (Å²) in [5.41, 5.74) is 7.77. The molecule has 1 aliphatic heterocycles. The van der Waals surface area contributed by atoms with Crippen LogP contribution in [-0.2, 0) is 0 Å². The quantitative estimate of drug-likeness (QED) is 0.318. The number of phenols is 1. The lowest BCUT2D eigenvalue weighted by Gasteiger charge is -2.28. The van der Waals surface area contributed by atoms with Crippen LogP contribution in [0.4, 0.5) is 5.69 Å². The van der Waals surface area contributed by atoms with E-state index in [-0.39, 0.29) is 17.8 Å². The highest BCUT2D eigenvalue weighted by Crippen LogP contribution is 2.44. The number of rotatable bonds is 5. The average molecular weight is 483 g/mol. The molecule has 2 N–H and O–H groups in total. The van der Waals surface area contributed by atoms with E-state index in [0.717, 1.165) is 28.5 Å². The number of benzene rings is 2. The fraction of sp³-hybridized carbons (Fsp3) is 0.241. The van der Waals surface area contributed by atoms with E-state index < -0.39 is 0 Å². The second-order valence-electron chi connectivity index (χ2n) is 9.42. The molecule has 0 spiro atoms. The summed E-state index contributed by atoms with van der Waals surface area (Å²) < 4.78 is 2.23. The van der Waals surface area contributed by atoms with E-state index >= 15 is 0 Å². The number of thiocarbonyl (C=S) groups is 1. The van der Waals surface area contributed by atoms with E-state index in [0.29, 0.717) is 11.0 Å². The molecule has 1 saturated heterocycles. The van der Waals surface area contributed by atoms with Crippen LogP contribution in [0.3, 0.4) is 0 Å².